The quantitative estimate of drug-likeness (QED) is 0.222. The van der Waals surface area contributed by atoms with Gasteiger partial charge in [-0.25, -0.2) is 4.81 Å². The van der Waals surface area contributed by atoms with Crippen LogP contribution in [0.25, 0.3) is 0 Å². The Bertz CT molecular complexity index is 34.5. The van der Waals surface area contributed by atoms with E-state index >= 15 is 0 Å². The molecule has 4 nitrogen and oxygen atoms in total. The summed E-state index contributed by atoms with van der Waals surface area (Å²) in [4.78, 5) is 2.86. The number of hydrogen-bond donors (Lipinski definition) is 3. The molecule has 7 heavy (non-hydrogen) atoms. The summed E-state index contributed by atoms with van der Waals surface area (Å²) in [6.07, 6.45) is 0. The zero-order chi connectivity index (χ0) is 4.28. The molecule has 36 valence electrons. The molecule has 0 atom stereocenters. The van der Waals surface area contributed by atoms with Gasteiger partial charge in [-0.3, -0.25) is 5.26 Å². The van der Waals surface area contributed by atoms with Gasteiger partial charge in [0.2, 0.25) is 0 Å². The molecule has 0 aliphatic carbocycles. The topological polar surface area (TPSA) is 69.9 Å². The molecule has 0 saturated heterocycles. The molecule has 0 aliphatic rings. The van der Waals surface area contributed by atoms with Gasteiger partial charge in [0.1, 0.15) is 0 Å². The first kappa shape index (κ1) is 16.2. The zero-order valence-corrected chi connectivity index (χ0v) is 9.51. The average molecular weight is 191 g/mol. The summed E-state index contributed by atoms with van der Waals surface area (Å²) in [5, 5.41) is 22.0. The summed E-state index contributed by atoms with van der Waals surface area (Å²) in [5.41, 5.74) is 0. The third-order valence-electron chi connectivity index (χ3n) is 0.0943. The van der Waals surface area contributed by atoms with Crippen molar-refractivity contribution in [3.8, 4) is 0 Å². The minimum Gasteiger partial charge on any atom is -1.00 e. The molecule has 0 spiro atoms. The van der Waals surface area contributed by atoms with Gasteiger partial charge in [0.25, 0.3) is 0 Å². The molecule has 3 N–H and O–H groups in total. The second-order valence-corrected chi connectivity index (χ2v) is 0.432. The van der Waals surface area contributed by atoms with Gasteiger partial charge in [0, 0.05) is 0 Å². The van der Waals surface area contributed by atoms with E-state index < -0.39 is 7.32 Å². The van der Waals surface area contributed by atoms with Crippen LogP contribution >= 0.6 is 0 Å². The summed E-state index contributed by atoms with van der Waals surface area (Å²) >= 11 is 0. The Morgan fingerprint density at radius 2 is 1.57 bits per heavy atom. The summed E-state index contributed by atoms with van der Waals surface area (Å²) in [5.74, 6) is 0. The third kappa shape index (κ3) is 17.8. The Morgan fingerprint density at radius 3 is 1.57 bits per heavy atom. The molecule has 0 aliphatic heterocycles. The number of rotatable bonds is 1. The molecule has 0 aromatic rings. The molecule has 0 radical (unpaired) electrons. The van der Waals surface area contributed by atoms with E-state index in [0.717, 1.165) is 0 Å². The first-order valence-electron chi connectivity index (χ1n) is 0.935. The van der Waals surface area contributed by atoms with Crippen molar-refractivity contribution in [2.24, 2.45) is 0 Å². The normalized spacial score (nSPS) is 5.57. The van der Waals surface area contributed by atoms with E-state index in [9.17, 15) is 0 Å². The van der Waals surface area contributed by atoms with Crippen LogP contribution in [0.15, 0.2) is 0 Å². The first-order chi connectivity index (χ1) is 2.27. The van der Waals surface area contributed by atoms with Crippen LogP contribution in [0.1, 0.15) is 4.28 Å². The van der Waals surface area contributed by atoms with Crippen molar-refractivity contribution >= 4 is 52.8 Å². The summed E-state index contributed by atoms with van der Waals surface area (Å²) < 4.78 is 0. The SMILES string of the molecule is OOB(O)O.[H-].[H-].[H-].[Na+].[Sr+2]. The van der Waals surface area contributed by atoms with Crippen LogP contribution in [-0.4, -0.2) is 68.1 Å². The fraction of sp³-hybridized carbons (Fsp3) is 0. The summed E-state index contributed by atoms with van der Waals surface area (Å²) in [6.45, 7) is 0. The fourth-order valence-electron chi connectivity index (χ4n) is 0. The van der Waals surface area contributed by atoms with Crippen LogP contribution in [0.3, 0.4) is 0 Å². The van der Waals surface area contributed by atoms with Gasteiger partial charge in [0.05, 0.1) is 0 Å². The Kier molecular flexibility index (Phi) is 25.9. The van der Waals surface area contributed by atoms with Gasteiger partial charge < -0.3 is 14.3 Å². The molecule has 0 bridgehead atoms. The van der Waals surface area contributed by atoms with Crippen molar-refractivity contribution in [3.05, 3.63) is 0 Å². The van der Waals surface area contributed by atoms with Gasteiger partial charge in [-0.1, -0.05) is 0 Å². The minimum absolute atomic E-state index is 0. The van der Waals surface area contributed by atoms with Crippen LogP contribution < -0.4 is 29.6 Å². The van der Waals surface area contributed by atoms with Crippen molar-refractivity contribution in [3.63, 3.8) is 0 Å². The Hall–Kier alpha value is 2.39. The van der Waals surface area contributed by atoms with Crippen LogP contribution in [0, 0.1) is 0 Å². The van der Waals surface area contributed by atoms with Gasteiger partial charge in [-0.05, 0) is 0 Å². The maximum absolute atomic E-state index is 7.44. The second kappa shape index (κ2) is 11.2. The predicted molar refractivity (Wildman–Crippen MR) is 23.0 cm³/mol. The van der Waals surface area contributed by atoms with E-state index in [4.69, 9.17) is 15.3 Å². The monoisotopic (exact) mass is 192 g/mol. The van der Waals surface area contributed by atoms with Crippen LogP contribution in [0.2, 0.25) is 0 Å². The van der Waals surface area contributed by atoms with Gasteiger partial charge in [0.15, 0.2) is 0 Å². The van der Waals surface area contributed by atoms with E-state index in [0.29, 0.717) is 0 Å². The van der Waals surface area contributed by atoms with Crippen LogP contribution in [-0.2, 0) is 4.81 Å². The molecule has 0 saturated carbocycles. The number of hydrogen-bond acceptors (Lipinski definition) is 4. The van der Waals surface area contributed by atoms with E-state index in [1.165, 1.54) is 0 Å². The standard InChI is InChI=1S/BH3O4.Na.Sr.3H/c2-1(3)5-4;;;;;/h2-4H;;;;;/q;+1;+2;3*-1. The van der Waals surface area contributed by atoms with Gasteiger partial charge in [-0.15, -0.1) is 0 Å². The van der Waals surface area contributed by atoms with E-state index in [2.05, 4.69) is 4.81 Å². The van der Waals surface area contributed by atoms with E-state index in [1.54, 1.807) is 0 Å². The van der Waals surface area contributed by atoms with Crippen molar-refractivity contribution in [2.45, 2.75) is 0 Å². The first-order valence-corrected chi connectivity index (χ1v) is 0.935. The molecular weight excluding hydrogens is 185 g/mol. The molecule has 0 heterocycles. The maximum Gasteiger partial charge on any atom is 2.00 e. The molecule has 0 amide bonds. The molecule has 0 aromatic carbocycles. The Labute approximate surface area is 105 Å². The molecule has 0 fully saturated rings. The average Bonchev–Trinajstić information content (AvgIpc) is 1.38. The maximum atomic E-state index is 7.44. The fourth-order valence-corrected chi connectivity index (χ4v) is 0. The van der Waals surface area contributed by atoms with Crippen molar-refractivity contribution < 1.29 is 53.9 Å². The predicted octanol–water partition coefficient (Wildman–Crippen LogP) is -4.59. The van der Waals surface area contributed by atoms with E-state index in [1.807, 2.05) is 0 Å². The third-order valence-corrected chi connectivity index (χ3v) is 0.0943. The molecule has 0 rings (SSSR count). The van der Waals surface area contributed by atoms with Crippen LogP contribution in [0.4, 0.5) is 0 Å². The van der Waals surface area contributed by atoms with Crippen molar-refractivity contribution in [2.75, 3.05) is 0 Å². The van der Waals surface area contributed by atoms with Gasteiger partial charge in [-0.2, -0.15) is 0 Å². The molecule has 0 unspecified atom stereocenters. The van der Waals surface area contributed by atoms with Crippen molar-refractivity contribution in [1.82, 2.24) is 0 Å². The minimum atomic E-state index is -2.06. The molecule has 7 heteroatoms. The smallest absolute Gasteiger partial charge is 1.00 e. The molecule has 0 aromatic heterocycles. The van der Waals surface area contributed by atoms with Gasteiger partial charge >= 0.3 is 82.4 Å². The summed E-state index contributed by atoms with van der Waals surface area (Å²) in [7, 11) is -2.06. The Balaban J connectivity index is -0.00000000800. The van der Waals surface area contributed by atoms with E-state index in [-0.39, 0.29) is 79.3 Å². The largest absolute Gasteiger partial charge is 2.00 e. The second-order valence-electron chi connectivity index (χ2n) is 0.432. The van der Waals surface area contributed by atoms with Crippen molar-refractivity contribution in [1.29, 1.82) is 0 Å². The zero-order valence-electron chi connectivity index (χ0n) is 7.03. The Morgan fingerprint density at radius 1 is 1.43 bits per heavy atom. The summed E-state index contributed by atoms with van der Waals surface area (Å²) in [6, 6.07) is 0. The molecular formula is H6BNaO4Sr. The van der Waals surface area contributed by atoms with Crippen LogP contribution in [0.5, 0.6) is 0 Å².